The quantitative estimate of drug-likeness (QED) is 0.925. The maximum absolute atomic E-state index is 4.61. The van der Waals surface area contributed by atoms with Crippen molar-refractivity contribution >= 4 is 0 Å². The van der Waals surface area contributed by atoms with Crippen molar-refractivity contribution < 1.29 is 0 Å². The molecular weight excluding hydrogens is 258 g/mol. The summed E-state index contributed by atoms with van der Waals surface area (Å²) in [5, 5.41) is 3.90. The molecule has 1 aliphatic heterocycles. The van der Waals surface area contributed by atoms with Crippen LogP contribution in [0.3, 0.4) is 0 Å². The average molecular weight is 287 g/mol. The Bertz CT molecular complexity index is 465. The fourth-order valence-corrected chi connectivity index (χ4v) is 4.06. The van der Waals surface area contributed by atoms with Crippen molar-refractivity contribution in [3.05, 3.63) is 29.6 Å². The first-order chi connectivity index (χ1) is 10.2. The zero-order chi connectivity index (χ0) is 14.7. The fourth-order valence-electron chi connectivity index (χ4n) is 4.06. The van der Waals surface area contributed by atoms with Crippen LogP contribution in [0.15, 0.2) is 18.3 Å². The third-order valence-corrected chi connectivity index (χ3v) is 5.49. The summed E-state index contributed by atoms with van der Waals surface area (Å²) in [5.41, 5.74) is 2.96. The van der Waals surface area contributed by atoms with Gasteiger partial charge in [0.25, 0.3) is 0 Å². The van der Waals surface area contributed by atoms with E-state index in [1.54, 1.807) is 0 Å². The highest BCUT2D eigenvalue weighted by Crippen LogP contribution is 2.32. The summed E-state index contributed by atoms with van der Waals surface area (Å²) in [6.45, 7) is 7.84. The maximum Gasteiger partial charge on any atom is 0.0573 e. The molecule has 2 aliphatic rings. The van der Waals surface area contributed by atoms with E-state index in [0.29, 0.717) is 11.6 Å². The van der Waals surface area contributed by atoms with Crippen LogP contribution in [-0.4, -0.2) is 34.6 Å². The molecule has 1 aromatic heterocycles. The maximum atomic E-state index is 4.61. The molecule has 1 saturated carbocycles. The summed E-state index contributed by atoms with van der Waals surface area (Å²) in [6, 6.07) is 4.87. The molecule has 1 unspecified atom stereocenters. The summed E-state index contributed by atoms with van der Waals surface area (Å²) in [6.07, 6.45) is 10.0. The van der Waals surface area contributed by atoms with Crippen LogP contribution in [0.1, 0.15) is 56.7 Å². The van der Waals surface area contributed by atoms with Gasteiger partial charge >= 0.3 is 0 Å². The minimum atomic E-state index is 0.382. The van der Waals surface area contributed by atoms with Crippen molar-refractivity contribution in [2.45, 2.75) is 70.5 Å². The molecule has 3 nitrogen and oxygen atoms in total. The van der Waals surface area contributed by atoms with E-state index in [9.17, 15) is 0 Å². The minimum Gasteiger partial charge on any atom is -0.308 e. The first-order valence-corrected chi connectivity index (χ1v) is 8.62. The minimum absolute atomic E-state index is 0.382. The second-order valence-electron chi connectivity index (χ2n) is 6.96. The van der Waals surface area contributed by atoms with E-state index in [-0.39, 0.29) is 0 Å². The Morgan fingerprint density at radius 2 is 2.14 bits per heavy atom. The van der Waals surface area contributed by atoms with E-state index in [0.717, 1.165) is 13.1 Å². The highest BCUT2D eigenvalue weighted by atomic mass is 15.3. The molecule has 1 aromatic rings. The molecule has 0 aromatic carbocycles. The van der Waals surface area contributed by atoms with E-state index < -0.39 is 0 Å². The molecule has 2 fully saturated rings. The fraction of sp³-hybridized carbons (Fsp3) is 0.722. The molecule has 1 atom stereocenters. The third-order valence-electron chi connectivity index (χ3n) is 5.49. The van der Waals surface area contributed by atoms with Crippen LogP contribution in [0.4, 0.5) is 0 Å². The van der Waals surface area contributed by atoms with Gasteiger partial charge in [-0.05, 0) is 37.8 Å². The first-order valence-electron chi connectivity index (χ1n) is 8.62. The van der Waals surface area contributed by atoms with Crippen molar-refractivity contribution in [1.29, 1.82) is 0 Å². The van der Waals surface area contributed by atoms with Gasteiger partial charge in [0.15, 0.2) is 0 Å². The Kier molecular flexibility index (Phi) is 4.60. The summed E-state index contributed by atoms with van der Waals surface area (Å²) < 4.78 is 0. The largest absolute Gasteiger partial charge is 0.308 e. The van der Waals surface area contributed by atoms with Gasteiger partial charge in [0.2, 0.25) is 0 Å². The average Bonchev–Trinajstić information content (AvgIpc) is 2.51. The molecule has 0 bridgehead atoms. The predicted molar refractivity (Wildman–Crippen MR) is 87.3 cm³/mol. The van der Waals surface area contributed by atoms with Gasteiger partial charge in [0.05, 0.1) is 5.69 Å². The summed E-state index contributed by atoms with van der Waals surface area (Å²) in [4.78, 5) is 7.30. The number of hydrogen-bond acceptors (Lipinski definition) is 3. The highest BCUT2D eigenvalue weighted by Gasteiger charge is 2.39. The van der Waals surface area contributed by atoms with E-state index in [4.69, 9.17) is 0 Å². The molecule has 3 heteroatoms. The molecule has 1 saturated heterocycles. The number of hydrogen-bond donors (Lipinski definition) is 1. The van der Waals surface area contributed by atoms with Crippen LogP contribution >= 0.6 is 0 Å². The van der Waals surface area contributed by atoms with Gasteiger partial charge in [-0.25, -0.2) is 0 Å². The van der Waals surface area contributed by atoms with E-state index >= 15 is 0 Å². The third kappa shape index (κ3) is 3.29. The summed E-state index contributed by atoms with van der Waals surface area (Å²) >= 11 is 0. The summed E-state index contributed by atoms with van der Waals surface area (Å²) in [7, 11) is 0. The van der Waals surface area contributed by atoms with Gasteiger partial charge in [-0.2, -0.15) is 0 Å². The summed E-state index contributed by atoms with van der Waals surface area (Å²) in [5.74, 6) is 0. The van der Waals surface area contributed by atoms with Gasteiger partial charge in [-0.3, -0.25) is 9.88 Å². The zero-order valence-electron chi connectivity index (χ0n) is 13.6. The Morgan fingerprint density at radius 3 is 2.86 bits per heavy atom. The molecule has 1 aliphatic carbocycles. The second-order valence-corrected chi connectivity index (χ2v) is 6.96. The van der Waals surface area contributed by atoms with Crippen LogP contribution in [0.25, 0.3) is 0 Å². The van der Waals surface area contributed by atoms with Crippen LogP contribution < -0.4 is 5.32 Å². The molecule has 2 heterocycles. The molecule has 1 spiro atoms. The van der Waals surface area contributed by atoms with Crippen LogP contribution in [0.5, 0.6) is 0 Å². The Labute approximate surface area is 129 Å². The lowest BCUT2D eigenvalue weighted by Gasteiger charge is -2.49. The molecule has 1 N–H and O–H groups in total. The van der Waals surface area contributed by atoms with Gasteiger partial charge in [-0.1, -0.05) is 32.3 Å². The highest BCUT2D eigenvalue weighted by molar-refractivity contribution is 5.18. The normalized spacial score (nSPS) is 26.1. The Morgan fingerprint density at radius 1 is 1.33 bits per heavy atom. The standard InChI is InChI=1S/C18H29N3/c1-3-16-12-20-18(9-5-4-6-10-18)14-21(16)13-17-15(2)8-7-11-19-17/h7-8,11,16,20H,3-6,9-10,12-14H2,1-2H3. The van der Waals surface area contributed by atoms with Crippen molar-refractivity contribution in [2.24, 2.45) is 0 Å². The number of rotatable bonds is 3. The lowest BCUT2D eigenvalue weighted by molar-refractivity contribution is 0.0474. The number of nitrogens with zero attached hydrogens (tertiary/aromatic N) is 2. The molecule has 3 rings (SSSR count). The number of pyridine rings is 1. The van der Waals surface area contributed by atoms with Crippen molar-refractivity contribution in [2.75, 3.05) is 13.1 Å². The molecule has 0 radical (unpaired) electrons. The Hall–Kier alpha value is -0.930. The van der Waals surface area contributed by atoms with Crippen LogP contribution in [-0.2, 0) is 6.54 Å². The predicted octanol–water partition coefficient (Wildman–Crippen LogP) is 3.28. The smallest absolute Gasteiger partial charge is 0.0573 e. The van der Waals surface area contributed by atoms with Crippen LogP contribution in [0.2, 0.25) is 0 Å². The van der Waals surface area contributed by atoms with Crippen molar-refractivity contribution in [3.63, 3.8) is 0 Å². The number of aryl methyl sites for hydroxylation is 1. The zero-order valence-corrected chi connectivity index (χ0v) is 13.6. The topological polar surface area (TPSA) is 28.2 Å². The van der Waals surface area contributed by atoms with Gasteiger partial charge in [0.1, 0.15) is 0 Å². The van der Waals surface area contributed by atoms with Crippen molar-refractivity contribution in [1.82, 2.24) is 15.2 Å². The first kappa shape index (κ1) is 15.0. The molecular formula is C18H29N3. The number of aromatic nitrogens is 1. The Balaban J connectivity index is 1.75. The number of piperazine rings is 1. The SMILES string of the molecule is CCC1CNC2(CCCCC2)CN1Cc1ncccc1C. The molecule has 0 amide bonds. The van der Waals surface area contributed by atoms with Gasteiger partial charge in [-0.15, -0.1) is 0 Å². The van der Waals surface area contributed by atoms with Crippen molar-refractivity contribution in [3.8, 4) is 0 Å². The van der Waals surface area contributed by atoms with E-state index in [1.165, 1.54) is 56.3 Å². The van der Waals surface area contributed by atoms with Crippen LogP contribution in [0, 0.1) is 6.92 Å². The lowest BCUT2D eigenvalue weighted by Crippen LogP contribution is -2.64. The second kappa shape index (κ2) is 6.45. The lowest BCUT2D eigenvalue weighted by atomic mass is 9.79. The molecule has 21 heavy (non-hydrogen) atoms. The number of nitrogens with one attached hydrogen (secondary N) is 1. The van der Waals surface area contributed by atoms with E-state index in [2.05, 4.69) is 35.1 Å². The van der Waals surface area contributed by atoms with E-state index in [1.807, 2.05) is 12.3 Å². The van der Waals surface area contributed by atoms with Gasteiger partial charge in [0, 0.05) is 37.4 Å². The van der Waals surface area contributed by atoms with Gasteiger partial charge < -0.3 is 5.32 Å². The molecule has 116 valence electrons. The monoisotopic (exact) mass is 287 g/mol.